The molecule has 1 N–H and O–H groups in total. The Morgan fingerprint density at radius 1 is 1.00 bits per heavy atom. The van der Waals surface area contributed by atoms with E-state index < -0.39 is 0 Å². The third-order valence-corrected chi connectivity index (χ3v) is 5.03. The summed E-state index contributed by atoms with van der Waals surface area (Å²) in [5.41, 5.74) is 4.72. The zero-order valence-electron chi connectivity index (χ0n) is 11.6. The number of hydrogen-bond donors (Lipinski definition) is 1. The first-order valence-electron chi connectivity index (χ1n) is 6.32. The molecule has 1 atom stereocenters. The lowest BCUT2D eigenvalue weighted by Crippen LogP contribution is -2.18. The fraction of sp³-hybridized carbons (Fsp3) is 0.250. The van der Waals surface area contributed by atoms with Gasteiger partial charge in [0.2, 0.25) is 0 Å². The Labute approximate surface area is 142 Å². The van der Waals surface area contributed by atoms with Gasteiger partial charge < -0.3 is 5.32 Å². The van der Waals surface area contributed by atoms with Gasteiger partial charge in [-0.2, -0.15) is 0 Å². The van der Waals surface area contributed by atoms with Gasteiger partial charge in [0, 0.05) is 14.0 Å². The van der Waals surface area contributed by atoms with Crippen LogP contribution in [0.5, 0.6) is 0 Å². The molecule has 4 heteroatoms. The van der Waals surface area contributed by atoms with Crippen LogP contribution in [-0.4, -0.2) is 7.05 Å². The smallest absolute Gasteiger partial charge is 0.0586 e. The molecule has 1 nitrogen and oxygen atoms in total. The summed E-state index contributed by atoms with van der Waals surface area (Å²) >= 11 is 13.5. The maximum atomic E-state index is 6.19. The lowest BCUT2D eigenvalue weighted by molar-refractivity contribution is 0.687. The quantitative estimate of drug-likeness (QED) is 0.666. The van der Waals surface area contributed by atoms with Crippen LogP contribution in [-0.2, 0) is 0 Å². The fourth-order valence-corrected chi connectivity index (χ4v) is 3.66. The Kier molecular flexibility index (Phi) is 5.30. The van der Waals surface area contributed by atoms with Crippen molar-refractivity contribution in [2.45, 2.75) is 19.9 Å². The largest absolute Gasteiger partial charge is 0.309 e. The minimum absolute atomic E-state index is 0.0960. The monoisotopic (exact) mass is 415 g/mol. The highest BCUT2D eigenvalue weighted by molar-refractivity contribution is 9.11. The molecule has 0 aliphatic heterocycles. The molecule has 0 aliphatic carbocycles. The standard InChI is InChI=1S/C16H16Br2ClN/c1-9-4-11(7-12(19)5-9)16(20-3)13-8-14(17)10(2)6-15(13)18/h4-8,16,20H,1-3H3. The zero-order chi connectivity index (χ0) is 14.9. The van der Waals surface area contributed by atoms with Crippen molar-refractivity contribution in [1.29, 1.82) is 0 Å². The molecule has 20 heavy (non-hydrogen) atoms. The summed E-state index contributed by atoms with van der Waals surface area (Å²) in [6, 6.07) is 10.5. The first kappa shape index (κ1) is 16.0. The average Bonchev–Trinajstić information content (AvgIpc) is 2.35. The van der Waals surface area contributed by atoms with Gasteiger partial charge in [0.15, 0.2) is 0 Å². The van der Waals surface area contributed by atoms with Gasteiger partial charge in [0.05, 0.1) is 6.04 Å². The van der Waals surface area contributed by atoms with Gasteiger partial charge in [-0.1, -0.05) is 49.5 Å². The molecule has 0 saturated carbocycles. The molecular formula is C16H16Br2ClN. The number of benzene rings is 2. The molecule has 0 radical (unpaired) electrons. The van der Waals surface area contributed by atoms with Gasteiger partial charge in [-0.25, -0.2) is 0 Å². The summed E-state index contributed by atoms with van der Waals surface area (Å²) in [5, 5.41) is 4.13. The Bertz CT molecular complexity index is 620. The lowest BCUT2D eigenvalue weighted by Gasteiger charge is -2.20. The van der Waals surface area contributed by atoms with Crippen LogP contribution >= 0.6 is 43.5 Å². The van der Waals surface area contributed by atoms with E-state index in [1.165, 1.54) is 11.1 Å². The van der Waals surface area contributed by atoms with E-state index in [2.05, 4.69) is 69.2 Å². The summed E-state index contributed by atoms with van der Waals surface area (Å²) in [6.07, 6.45) is 0. The van der Waals surface area contributed by atoms with Crippen molar-refractivity contribution in [2.24, 2.45) is 0 Å². The van der Waals surface area contributed by atoms with E-state index in [1.807, 2.05) is 19.2 Å². The molecule has 0 spiro atoms. The van der Waals surface area contributed by atoms with Crippen molar-refractivity contribution in [3.05, 3.63) is 66.6 Å². The SMILES string of the molecule is CNC(c1cc(C)cc(Cl)c1)c1cc(Br)c(C)cc1Br. The Morgan fingerprint density at radius 3 is 2.30 bits per heavy atom. The van der Waals surface area contributed by atoms with Crippen LogP contribution in [0.25, 0.3) is 0 Å². The highest BCUT2D eigenvalue weighted by Gasteiger charge is 2.17. The van der Waals surface area contributed by atoms with E-state index in [1.54, 1.807) is 0 Å². The van der Waals surface area contributed by atoms with Gasteiger partial charge in [-0.05, 0) is 67.4 Å². The molecule has 0 saturated heterocycles. The van der Waals surface area contributed by atoms with Crippen molar-refractivity contribution in [1.82, 2.24) is 5.32 Å². The van der Waals surface area contributed by atoms with Crippen molar-refractivity contribution < 1.29 is 0 Å². The van der Waals surface area contributed by atoms with Crippen LogP contribution in [0.1, 0.15) is 28.3 Å². The predicted octanol–water partition coefficient (Wildman–Crippen LogP) is 5.79. The topological polar surface area (TPSA) is 12.0 Å². The first-order valence-corrected chi connectivity index (χ1v) is 8.28. The van der Waals surface area contributed by atoms with Gasteiger partial charge >= 0.3 is 0 Å². The Morgan fingerprint density at radius 2 is 1.70 bits per heavy atom. The minimum atomic E-state index is 0.0960. The van der Waals surface area contributed by atoms with Gasteiger partial charge in [0.25, 0.3) is 0 Å². The number of aryl methyl sites for hydroxylation is 2. The second kappa shape index (κ2) is 6.61. The molecule has 0 aliphatic rings. The van der Waals surface area contributed by atoms with Gasteiger partial charge in [-0.3, -0.25) is 0 Å². The molecule has 0 bridgehead atoms. The maximum Gasteiger partial charge on any atom is 0.0586 e. The number of hydrogen-bond acceptors (Lipinski definition) is 1. The van der Waals surface area contributed by atoms with E-state index in [0.29, 0.717) is 0 Å². The number of nitrogens with one attached hydrogen (secondary N) is 1. The molecule has 1 unspecified atom stereocenters. The third kappa shape index (κ3) is 3.45. The molecule has 2 rings (SSSR count). The van der Waals surface area contributed by atoms with Gasteiger partial charge in [-0.15, -0.1) is 0 Å². The Hall–Kier alpha value is -0.350. The normalized spacial score (nSPS) is 12.5. The Balaban J connectivity index is 2.55. The highest BCUT2D eigenvalue weighted by Crippen LogP contribution is 2.34. The summed E-state index contributed by atoms with van der Waals surface area (Å²) < 4.78 is 2.20. The van der Waals surface area contributed by atoms with Crippen LogP contribution < -0.4 is 5.32 Å². The van der Waals surface area contributed by atoms with E-state index in [-0.39, 0.29) is 6.04 Å². The fourth-order valence-electron chi connectivity index (χ4n) is 2.32. The summed E-state index contributed by atoms with van der Waals surface area (Å²) in [6.45, 7) is 4.14. The molecule has 106 valence electrons. The predicted molar refractivity (Wildman–Crippen MR) is 93.7 cm³/mol. The summed E-state index contributed by atoms with van der Waals surface area (Å²) in [4.78, 5) is 0. The third-order valence-electron chi connectivity index (χ3n) is 3.28. The van der Waals surface area contributed by atoms with Crippen molar-refractivity contribution in [3.8, 4) is 0 Å². The zero-order valence-corrected chi connectivity index (χ0v) is 15.5. The second-order valence-electron chi connectivity index (χ2n) is 4.91. The van der Waals surface area contributed by atoms with Crippen LogP contribution in [0.2, 0.25) is 5.02 Å². The molecular weight excluding hydrogens is 401 g/mol. The first-order chi connectivity index (χ1) is 9.42. The molecule has 2 aromatic rings. The van der Waals surface area contributed by atoms with Crippen molar-refractivity contribution in [2.75, 3.05) is 7.05 Å². The van der Waals surface area contributed by atoms with E-state index in [4.69, 9.17) is 11.6 Å². The van der Waals surface area contributed by atoms with Crippen LogP contribution in [0.3, 0.4) is 0 Å². The summed E-state index contributed by atoms with van der Waals surface area (Å²) in [5.74, 6) is 0. The van der Waals surface area contributed by atoms with Crippen molar-refractivity contribution >= 4 is 43.5 Å². The average molecular weight is 418 g/mol. The minimum Gasteiger partial charge on any atom is -0.309 e. The van der Waals surface area contributed by atoms with E-state index in [9.17, 15) is 0 Å². The number of halogens is 3. The second-order valence-corrected chi connectivity index (χ2v) is 7.05. The van der Waals surface area contributed by atoms with Crippen LogP contribution in [0, 0.1) is 13.8 Å². The molecule has 0 heterocycles. The highest BCUT2D eigenvalue weighted by atomic mass is 79.9. The van der Waals surface area contributed by atoms with Crippen LogP contribution in [0.4, 0.5) is 0 Å². The molecule has 0 fully saturated rings. The van der Waals surface area contributed by atoms with Crippen LogP contribution in [0.15, 0.2) is 39.3 Å². The van der Waals surface area contributed by atoms with E-state index >= 15 is 0 Å². The van der Waals surface area contributed by atoms with E-state index in [0.717, 1.165) is 25.1 Å². The maximum absolute atomic E-state index is 6.19. The molecule has 2 aromatic carbocycles. The lowest BCUT2D eigenvalue weighted by atomic mass is 9.97. The van der Waals surface area contributed by atoms with Gasteiger partial charge in [0.1, 0.15) is 0 Å². The summed E-state index contributed by atoms with van der Waals surface area (Å²) in [7, 11) is 1.96. The molecule has 0 aromatic heterocycles. The number of rotatable bonds is 3. The molecule has 0 amide bonds. The van der Waals surface area contributed by atoms with Crippen molar-refractivity contribution in [3.63, 3.8) is 0 Å².